The summed E-state index contributed by atoms with van der Waals surface area (Å²) in [5.74, 6) is -0.771. The topological polar surface area (TPSA) is 76.3 Å². The molecule has 1 aromatic rings. The fraction of sp³-hybridized carbons (Fsp3) is 0.286. The maximum Gasteiger partial charge on any atom is 0.365 e. The molecule has 0 aliphatic rings. The average Bonchev–Trinajstić information content (AvgIpc) is 2.16. The minimum Gasteiger partial charge on any atom is -0.391 e. The molecule has 0 aliphatic heterocycles. The molecule has 0 saturated heterocycles. The molecule has 0 saturated carbocycles. The number of hydrogen-bond donors (Lipinski definition) is 1. The van der Waals surface area contributed by atoms with Crippen LogP contribution in [-0.2, 0) is 6.61 Å². The van der Waals surface area contributed by atoms with Crippen molar-refractivity contribution in [2.45, 2.75) is 13.0 Å². The van der Waals surface area contributed by atoms with Crippen molar-refractivity contribution in [3.05, 3.63) is 32.5 Å². The lowest BCUT2D eigenvalue weighted by Gasteiger charge is -2.05. The van der Waals surface area contributed by atoms with Gasteiger partial charge in [-0.05, 0) is 21.5 Å². The Morgan fingerprint density at radius 2 is 2.27 bits per heavy atom. The van der Waals surface area contributed by atoms with Crippen LogP contribution >= 0.6 is 11.6 Å². The average molecular weight is 239 g/mol. The number of aliphatic hydroxyl groups excluding tert-OH is 1. The first-order valence-electron chi connectivity index (χ1n) is 3.70. The Morgan fingerprint density at radius 1 is 1.67 bits per heavy atom. The van der Waals surface area contributed by atoms with Crippen LogP contribution in [0.4, 0.5) is 14.6 Å². The Balaban J connectivity index is 3.38. The van der Waals surface area contributed by atoms with Crippen LogP contribution in [0, 0.1) is 10.1 Å². The Labute approximate surface area is 87.5 Å². The minimum absolute atomic E-state index is 0.294. The normalized spacial score (nSPS) is 10.7. The van der Waals surface area contributed by atoms with Crippen LogP contribution in [0.1, 0.15) is 17.6 Å². The van der Waals surface area contributed by atoms with Gasteiger partial charge >= 0.3 is 5.82 Å². The Hall–Kier alpha value is -1.34. The van der Waals surface area contributed by atoms with Gasteiger partial charge in [-0.1, -0.05) is 0 Å². The lowest BCUT2D eigenvalue weighted by atomic mass is 10.1. The molecule has 0 aliphatic carbocycles. The van der Waals surface area contributed by atoms with Crippen molar-refractivity contribution >= 4 is 17.4 Å². The van der Waals surface area contributed by atoms with Crippen molar-refractivity contribution in [3.63, 3.8) is 0 Å². The van der Waals surface area contributed by atoms with Crippen LogP contribution in [0.5, 0.6) is 0 Å². The Kier molecular flexibility index (Phi) is 3.48. The Morgan fingerprint density at radius 3 is 2.67 bits per heavy atom. The van der Waals surface area contributed by atoms with Crippen LogP contribution in [0.15, 0.2) is 6.07 Å². The van der Waals surface area contributed by atoms with E-state index in [-0.39, 0.29) is 5.56 Å². The molecular weight excluding hydrogens is 234 g/mol. The lowest BCUT2D eigenvalue weighted by molar-refractivity contribution is -0.389. The zero-order valence-corrected chi connectivity index (χ0v) is 7.91. The second-order valence-electron chi connectivity index (χ2n) is 2.55. The van der Waals surface area contributed by atoms with E-state index in [1.807, 2.05) is 0 Å². The third-order valence-electron chi connectivity index (χ3n) is 1.68. The minimum atomic E-state index is -2.95. The molecule has 0 spiro atoms. The van der Waals surface area contributed by atoms with Crippen LogP contribution in [0.3, 0.4) is 0 Å². The van der Waals surface area contributed by atoms with Crippen molar-refractivity contribution in [3.8, 4) is 0 Å². The van der Waals surface area contributed by atoms with E-state index in [0.29, 0.717) is 6.07 Å². The summed E-state index contributed by atoms with van der Waals surface area (Å²) in [5.41, 5.74) is -0.971. The summed E-state index contributed by atoms with van der Waals surface area (Å²) in [7, 11) is 0. The highest BCUT2D eigenvalue weighted by molar-refractivity contribution is 6.30. The first kappa shape index (κ1) is 11.7. The summed E-state index contributed by atoms with van der Waals surface area (Å²) in [5, 5.41) is 18.6. The van der Waals surface area contributed by atoms with Gasteiger partial charge < -0.3 is 15.2 Å². The van der Waals surface area contributed by atoms with Crippen LogP contribution in [0.25, 0.3) is 0 Å². The fourth-order valence-corrected chi connectivity index (χ4v) is 1.25. The zero-order chi connectivity index (χ0) is 11.6. The summed E-state index contributed by atoms with van der Waals surface area (Å²) in [6.07, 6.45) is -2.95. The second-order valence-corrected chi connectivity index (χ2v) is 2.91. The SMILES string of the molecule is O=[N+]([O-])c1cc(C(F)F)c(CO)c(Cl)n1. The maximum absolute atomic E-state index is 12.4. The van der Waals surface area contributed by atoms with Gasteiger partial charge in [-0.3, -0.25) is 0 Å². The third-order valence-corrected chi connectivity index (χ3v) is 1.99. The van der Waals surface area contributed by atoms with Gasteiger partial charge in [-0.25, -0.2) is 8.78 Å². The first-order valence-corrected chi connectivity index (χ1v) is 4.08. The van der Waals surface area contributed by atoms with Gasteiger partial charge in [0.2, 0.25) is 5.15 Å². The molecule has 1 rings (SSSR count). The van der Waals surface area contributed by atoms with E-state index in [0.717, 1.165) is 0 Å². The number of nitrogens with zero attached hydrogens (tertiary/aromatic N) is 2. The molecule has 0 atom stereocenters. The van der Waals surface area contributed by atoms with Gasteiger partial charge in [0.1, 0.15) is 0 Å². The van der Waals surface area contributed by atoms with E-state index in [2.05, 4.69) is 4.98 Å². The van der Waals surface area contributed by atoms with Gasteiger partial charge in [0.25, 0.3) is 6.43 Å². The van der Waals surface area contributed by atoms with Crippen molar-refractivity contribution in [2.75, 3.05) is 0 Å². The fourth-order valence-electron chi connectivity index (χ4n) is 0.990. The van der Waals surface area contributed by atoms with Gasteiger partial charge in [-0.2, -0.15) is 0 Å². The molecule has 0 radical (unpaired) electrons. The van der Waals surface area contributed by atoms with E-state index in [4.69, 9.17) is 16.7 Å². The van der Waals surface area contributed by atoms with E-state index in [1.165, 1.54) is 0 Å². The first-order chi connectivity index (χ1) is 6.97. The van der Waals surface area contributed by atoms with Crippen LogP contribution in [0.2, 0.25) is 5.15 Å². The molecule has 1 heterocycles. The number of hydrogen-bond acceptors (Lipinski definition) is 4. The summed E-state index contributed by atoms with van der Waals surface area (Å²) < 4.78 is 24.8. The number of rotatable bonds is 3. The molecule has 5 nitrogen and oxygen atoms in total. The molecule has 0 aromatic carbocycles. The Bertz CT molecular complexity index is 400. The number of aliphatic hydroxyl groups is 1. The smallest absolute Gasteiger partial charge is 0.365 e. The molecule has 1 N–H and O–H groups in total. The van der Waals surface area contributed by atoms with Gasteiger partial charge in [0.05, 0.1) is 12.2 Å². The van der Waals surface area contributed by atoms with Crippen molar-refractivity contribution in [2.24, 2.45) is 0 Å². The highest BCUT2D eigenvalue weighted by Crippen LogP contribution is 2.30. The number of nitro groups is 1. The van der Waals surface area contributed by atoms with Gasteiger partial charge in [-0.15, -0.1) is 0 Å². The highest BCUT2D eigenvalue weighted by atomic mass is 35.5. The largest absolute Gasteiger partial charge is 0.391 e. The predicted octanol–water partition coefficient (Wildman–Crippen LogP) is 2.07. The lowest BCUT2D eigenvalue weighted by Crippen LogP contribution is -2.02. The second kappa shape index (κ2) is 4.45. The standard InChI is InChI=1S/C7H5ClF2N2O3/c8-6-4(2-13)3(7(9)10)1-5(11-6)12(14)15/h1,7,13H,2H2. The van der Waals surface area contributed by atoms with E-state index < -0.39 is 34.5 Å². The molecule has 0 fully saturated rings. The molecular formula is C7H5ClF2N2O3. The van der Waals surface area contributed by atoms with Crippen LogP contribution in [-0.4, -0.2) is 15.0 Å². The molecule has 82 valence electrons. The summed E-state index contributed by atoms with van der Waals surface area (Å²) in [6, 6.07) is 0.599. The van der Waals surface area contributed by atoms with Crippen molar-refractivity contribution in [1.82, 2.24) is 4.98 Å². The molecule has 1 aromatic heterocycles. The van der Waals surface area contributed by atoms with Gasteiger partial charge in [0, 0.05) is 11.6 Å². The van der Waals surface area contributed by atoms with Crippen molar-refractivity contribution < 1.29 is 18.8 Å². The molecule has 15 heavy (non-hydrogen) atoms. The summed E-state index contributed by atoms with van der Waals surface area (Å²) in [6.45, 7) is -0.747. The monoisotopic (exact) mass is 238 g/mol. The molecule has 0 unspecified atom stereocenters. The van der Waals surface area contributed by atoms with Crippen molar-refractivity contribution in [1.29, 1.82) is 0 Å². The predicted molar refractivity (Wildman–Crippen MR) is 46.8 cm³/mol. The number of halogens is 3. The molecule has 0 amide bonds. The van der Waals surface area contributed by atoms with E-state index in [1.54, 1.807) is 0 Å². The highest BCUT2D eigenvalue weighted by Gasteiger charge is 2.23. The molecule has 8 heteroatoms. The van der Waals surface area contributed by atoms with E-state index in [9.17, 15) is 18.9 Å². The third kappa shape index (κ3) is 2.37. The van der Waals surface area contributed by atoms with E-state index >= 15 is 0 Å². The van der Waals surface area contributed by atoms with Crippen LogP contribution < -0.4 is 0 Å². The number of aromatic nitrogens is 1. The quantitative estimate of drug-likeness (QED) is 0.497. The van der Waals surface area contributed by atoms with Gasteiger partial charge in [0.15, 0.2) is 0 Å². The number of alkyl halides is 2. The summed E-state index contributed by atoms with van der Waals surface area (Å²) in [4.78, 5) is 12.6. The summed E-state index contributed by atoms with van der Waals surface area (Å²) >= 11 is 5.41. The zero-order valence-electron chi connectivity index (χ0n) is 7.15. The maximum atomic E-state index is 12.4. The number of pyridine rings is 1. The molecule has 0 bridgehead atoms.